The van der Waals surface area contributed by atoms with Crippen LogP contribution >= 0.6 is 0 Å². The van der Waals surface area contributed by atoms with Crippen molar-refractivity contribution in [1.82, 2.24) is 0 Å². The zero-order valence-corrected chi connectivity index (χ0v) is 11.8. The van der Waals surface area contributed by atoms with E-state index in [0.29, 0.717) is 19.4 Å². The molecule has 0 aliphatic carbocycles. The van der Waals surface area contributed by atoms with Gasteiger partial charge in [-0.15, -0.1) is 0 Å². The Morgan fingerprint density at radius 2 is 1.62 bits per heavy atom. The molecular weight excluding hydrogens is 284 g/mol. The molecule has 0 spiro atoms. The summed E-state index contributed by atoms with van der Waals surface area (Å²) in [6.07, 6.45) is 3.95. The molecule has 0 rings (SSSR count). The van der Waals surface area contributed by atoms with E-state index in [-0.39, 0.29) is 13.2 Å². The third kappa shape index (κ3) is 17.8. The number of ether oxygens (including phenoxy) is 2. The summed E-state index contributed by atoms with van der Waals surface area (Å²) < 4.78 is 9.09. The summed E-state index contributed by atoms with van der Waals surface area (Å²) in [5.41, 5.74) is 0. The highest BCUT2D eigenvalue weighted by atomic mass is 17.1. The molecule has 0 bridgehead atoms. The Kier molecular flexibility index (Phi) is 16.0. The second-order valence-electron chi connectivity index (χ2n) is 3.36. The zero-order valence-electron chi connectivity index (χ0n) is 11.8. The van der Waals surface area contributed by atoms with E-state index in [1.165, 1.54) is 0 Å². The van der Waals surface area contributed by atoms with Crippen LogP contribution in [0.2, 0.25) is 0 Å². The first-order chi connectivity index (χ1) is 10.0. The number of carbonyl (C=O) groups is 3. The smallest absolute Gasteiger partial charge is 0.365 e. The van der Waals surface area contributed by atoms with Gasteiger partial charge in [-0.3, -0.25) is 4.89 Å². The Morgan fingerprint density at radius 1 is 1.05 bits per heavy atom. The van der Waals surface area contributed by atoms with Gasteiger partial charge in [-0.05, 0) is 6.42 Å². The van der Waals surface area contributed by atoms with Gasteiger partial charge in [0.15, 0.2) is 0 Å². The Labute approximate surface area is 122 Å². The number of aliphatic hydroxyl groups excluding tert-OH is 1. The van der Waals surface area contributed by atoms with Crippen molar-refractivity contribution in [3.8, 4) is 0 Å². The van der Waals surface area contributed by atoms with E-state index in [1.807, 2.05) is 6.92 Å². The first-order valence-corrected chi connectivity index (χ1v) is 6.12. The second kappa shape index (κ2) is 15.9. The van der Waals surface area contributed by atoms with Gasteiger partial charge >= 0.3 is 17.9 Å². The van der Waals surface area contributed by atoms with E-state index in [1.54, 1.807) is 0 Å². The first kappa shape index (κ1) is 21.1. The Morgan fingerprint density at radius 3 is 2.10 bits per heavy atom. The summed E-state index contributed by atoms with van der Waals surface area (Å²) in [7, 11) is 0. The molecule has 0 saturated carbocycles. The molecule has 0 aromatic heterocycles. The molecule has 0 saturated heterocycles. The lowest BCUT2D eigenvalue weighted by Gasteiger charge is -1.96. The molecule has 0 fully saturated rings. The van der Waals surface area contributed by atoms with Gasteiger partial charge in [0, 0.05) is 31.3 Å². The SMILES string of the molecule is C=CC(=O)OCCCO.CCCOC(=O)/C=C\C(=O)OO. The van der Waals surface area contributed by atoms with Gasteiger partial charge in [0.1, 0.15) is 0 Å². The van der Waals surface area contributed by atoms with Crippen LogP contribution in [0, 0.1) is 0 Å². The number of hydrogen-bond acceptors (Lipinski definition) is 8. The van der Waals surface area contributed by atoms with Crippen molar-refractivity contribution in [2.45, 2.75) is 19.8 Å². The minimum absolute atomic E-state index is 0.0461. The highest BCUT2D eigenvalue weighted by Gasteiger charge is 1.98. The Balaban J connectivity index is 0. The average molecular weight is 304 g/mol. The van der Waals surface area contributed by atoms with Crippen molar-refractivity contribution in [3.05, 3.63) is 24.8 Å². The highest BCUT2D eigenvalue weighted by Crippen LogP contribution is 1.85. The molecule has 2 N–H and O–H groups in total. The Bertz CT molecular complexity index is 348. The molecule has 0 unspecified atom stereocenters. The van der Waals surface area contributed by atoms with Gasteiger partial charge in [-0.2, -0.15) is 5.26 Å². The minimum atomic E-state index is -1.01. The van der Waals surface area contributed by atoms with E-state index in [0.717, 1.165) is 18.2 Å². The third-order valence-corrected chi connectivity index (χ3v) is 1.61. The second-order valence-corrected chi connectivity index (χ2v) is 3.36. The summed E-state index contributed by atoms with van der Waals surface area (Å²) in [6.45, 7) is 5.66. The predicted molar refractivity (Wildman–Crippen MR) is 72.0 cm³/mol. The fraction of sp³-hybridized carbons (Fsp3) is 0.462. The summed E-state index contributed by atoms with van der Waals surface area (Å²) >= 11 is 0. The van der Waals surface area contributed by atoms with Crippen molar-refractivity contribution < 1.29 is 39.1 Å². The van der Waals surface area contributed by atoms with E-state index >= 15 is 0 Å². The lowest BCUT2D eigenvalue weighted by Crippen LogP contribution is -2.03. The maximum absolute atomic E-state index is 10.6. The van der Waals surface area contributed by atoms with Crippen LogP contribution in [0.3, 0.4) is 0 Å². The fourth-order valence-electron chi connectivity index (χ4n) is 0.714. The fourth-order valence-corrected chi connectivity index (χ4v) is 0.714. The normalized spacial score (nSPS) is 9.29. The highest BCUT2D eigenvalue weighted by molar-refractivity contribution is 5.91. The molecule has 120 valence electrons. The van der Waals surface area contributed by atoms with Gasteiger partial charge in [0.2, 0.25) is 0 Å². The quantitative estimate of drug-likeness (QED) is 0.167. The molecule has 0 heterocycles. The number of carbonyl (C=O) groups excluding carboxylic acids is 3. The molecule has 0 aliphatic heterocycles. The van der Waals surface area contributed by atoms with E-state index in [2.05, 4.69) is 20.9 Å². The number of esters is 2. The van der Waals surface area contributed by atoms with Crippen molar-refractivity contribution in [2.24, 2.45) is 0 Å². The zero-order chi connectivity index (χ0) is 16.5. The van der Waals surface area contributed by atoms with Crippen LogP contribution in [-0.4, -0.2) is 48.1 Å². The van der Waals surface area contributed by atoms with Crippen LogP contribution in [0.25, 0.3) is 0 Å². The first-order valence-electron chi connectivity index (χ1n) is 6.12. The van der Waals surface area contributed by atoms with Crippen LogP contribution in [0.5, 0.6) is 0 Å². The largest absolute Gasteiger partial charge is 0.463 e. The maximum Gasteiger partial charge on any atom is 0.365 e. The van der Waals surface area contributed by atoms with E-state index in [9.17, 15) is 14.4 Å². The summed E-state index contributed by atoms with van der Waals surface area (Å²) in [5.74, 6) is -2.09. The molecule has 0 amide bonds. The predicted octanol–water partition coefficient (Wildman–Crippen LogP) is 0.610. The summed E-state index contributed by atoms with van der Waals surface area (Å²) in [6, 6.07) is 0. The van der Waals surface area contributed by atoms with Crippen molar-refractivity contribution >= 4 is 17.9 Å². The standard InChI is InChI=1S/C7H10O5.C6H10O3/c1-2-5-11-6(8)3-4-7(9)12-10;1-2-6(8)9-5-3-4-7/h3-4,10H,2,5H2,1H3;2,7H,1,3-5H2/b4-3-;. The van der Waals surface area contributed by atoms with Crippen LogP contribution in [0.4, 0.5) is 0 Å². The monoisotopic (exact) mass is 304 g/mol. The van der Waals surface area contributed by atoms with Crippen LogP contribution < -0.4 is 0 Å². The van der Waals surface area contributed by atoms with Gasteiger partial charge in [0.25, 0.3) is 0 Å². The lowest BCUT2D eigenvalue weighted by atomic mass is 10.5. The molecule has 0 radical (unpaired) electrons. The summed E-state index contributed by atoms with van der Waals surface area (Å²) in [5, 5.41) is 16.0. The van der Waals surface area contributed by atoms with Crippen molar-refractivity contribution in [3.63, 3.8) is 0 Å². The topological polar surface area (TPSA) is 119 Å². The number of rotatable bonds is 8. The molecule has 21 heavy (non-hydrogen) atoms. The van der Waals surface area contributed by atoms with Crippen LogP contribution in [0.15, 0.2) is 24.8 Å². The van der Waals surface area contributed by atoms with Crippen LogP contribution in [0.1, 0.15) is 19.8 Å². The van der Waals surface area contributed by atoms with Gasteiger partial charge in [0.05, 0.1) is 13.2 Å². The van der Waals surface area contributed by atoms with Crippen molar-refractivity contribution in [2.75, 3.05) is 19.8 Å². The number of hydrogen-bond donors (Lipinski definition) is 2. The maximum atomic E-state index is 10.6. The molecule has 0 atom stereocenters. The molecule has 8 nitrogen and oxygen atoms in total. The van der Waals surface area contributed by atoms with Crippen LogP contribution in [-0.2, 0) is 28.7 Å². The van der Waals surface area contributed by atoms with Crippen molar-refractivity contribution in [1.29, 1.82) is 0 Å². The van der Waals surface area contributed by atoms with E-state index in [4.69, 9.17) is 10.4 Å². The van der Waals surface area contributed by atoms with E-state index < -0.39 is 17.9 Å². The van der Waals surface area contributed by atoms with Gasteiger partial charge in [-0.1, -0.05) is 13.5 Å². The van der Waals surface area contributed by atoms with Gasteiger partial charge in [-0.25, -0.2) is 14.4 Å². The molecule has 0 aromatic rings. The Hall–Kier alpha value is -2.19. The lowest BCUT2D eigenvalue weighted by molar-refractivity contribution is -0.228. The summed E-state index contributed by atoms with van der Waals surface area (Å²) in [4.78, 5) is 34.4. The van der Waals surface area contributed by atoms with Gasteiger partial charge < -0.3 is 14.6 Å². The molecular formula is C13H20O8. The molecule has 8 heteroatoms. The molecule has 0 aliphatic rings. The third-order valence-electron chi connectivity index (χ3n) is 1.61. The minimum Gasteiger partial charge on any atom is -0.463 e. The molecule has 0 aromatic carbocycles. The number of aliphatic hydroxyl groups is 1. The average Bonchev–Trinajstić information content (AvgIpc) is 2.51.